The van der Waals surface area contributed by atoms with Gasteiger partial charge in [0.2, 0.25) is 5.91 Å². The quantitative estimate of drug-likeness (QED) is 0.817. The number of ether oxygens (including phenoxy) is 1. The van der Waals surface area contributed by atoms with E-state index in [4.69, 9.17) is 9.15 Å². The molecule has 5 heteroatoms. The Labute approximate surface area is 107 Å². The Bertz CT molecular complexity index is 364. The topological polar surface area (TPSA) is 63.5 Å². The van der Waals surface area contributed by atoms with Gasteiger partial charge in [-0.1, -0.05) is 0 Å². The van der Waals surface area contributed by atoms with E-state index in [1.807, 2.05) is 12.1 Å². The Balaban J connectivity index is 1.95. The van der Waals surface area contributed by atoms with E-state index in [0.717, 1.165) is 31.7 Å². The van der Waals surface area contributed by atoms with E-state index in [9.17, 15) is 4.79 Å². The van der Waals surface area contributed by atoms with Gasteiger partial charge in [0.1, 0.15) is 5.76 Å². The molecule has 100 valence electrons. The number of rotatable bonds is 5. The van der Waals surface area contributed by atoms with Crippen LogP contribution in [0.4, 0.5) is 0 Å². The molecule has 1 aromatic heterocycles. The number of hydrogen-bond donors (Lipinski definition) is 2. The normalized spacial score (nSPS) is 18.5. The first-order chi connectivity index (χ1) is 8.77. The fourth-order valence-electron chi connectivity index (χ4n) is 2.39. The zero-order valence-electron chi connectivity index (χ0n) is 10.7. The molecule has 2 heterocycles. The van der Waals surface area contributed by atoms with E-state index in [0.29, 0.717) is 13.2 Å². The van der Waals surface area contributed by atoms with Gasteiger partial charge in [-0.25, -0.2) is 0 Å². The maximum Gasteiger partial charge on any atom is 0.229 e. The molecule has 1 saturated heterocycles. The summed E-state index contributed by atoms with van der Waals surface area (Å²) in [4.78, 5) is 12.3. The smallest absolute Gasteiger partial charge is 0.229 e. The highest BCUT2D eigenvalue weighted by Crippen LogP contribution is 2.29. The molecular weight excluding hydrogens is 232 g/mol. The van der Waals surface area contributed by atoms with Gasteiger partial charge >= 0.3 is 0 Å². The third-order valence-corrected chi connectivity index (χ3v) is 3.47. The number of methoxy groups -OCH3 is 1. The number of hydrogen-bond acceptors (Lipinski definition) is 4. The van der Waals surface area contributed by atoms with Gasteiger partial charge in [0.15, 0.2) is 0 Å². The first-order valence-corrected chi connectivity index (χ1v) is 6.27. The van der Waals surface area contributed by atoms with E-state index in [1.165, 1.54) is 0 Å². The molecule has 0 bridgehead atoms. The van der Waals surface area contributed by atoms with E-state index in [2.05, 4.69) is 10.6 Å². The minimum atomic E-state index is -0.396. The summed E-state index contributed by atoms with van der Waals surface area (Å²) in [6.45, 7) is 2.62. The van der Waals surface area contributed by atoms with Crippen molar-refractivity contribution in [2.24, 2.45) is 5.41 Å². The number of amides is 1. The average molecular weight is 252 g/mol. The van der Waals surface area contributed by atoms with Gasteiger partial charge < -0.3 is 19.8 Å². The fourth-order valence-corrected chi connectivity index (χ4v) is 2.39. The Kier molecular flexibility index (Phi) is 4.38. The Morgan fingerprint density at radius 2 is 2.33 bits per heavy atom. The SMILES string of the molecule is COCC1(C(=O)NCc2ccco2)CCNCC1. The summed E-state index contributed by atoms with van der Waals surface area (Å²) < 4.78 is 10.4. The lowest BCUT2D eigenvalue weighted by atomic mass is 9.78. The van der Waals surface area contributed by atoms with Gasteiger partial charge in [-0.2, -0.15) is 0 Å². The molecule has 1 aliphatic heterocycles. The second-order valence-corrected chi connectivity index (χ2v) is 4.73. The largest absolute Gasteiger partial charge is 0.467 e. The van der Waals surface area contributed by atoms with Crippen molar-refractivity contribution < 1.29 is 13.9 Å². The Morgan fingerprint density at radius 1 is 1.56 bits per heavy atom. The number of piperidine rings is 1. The second-order valence-electron chi connectivity index (χ2n) is 4.73. The Morgan fingerprint density at radius 3 is 2.94 bits per heavy atom. The third kappa shape index (κ3) is 2.91. The third-order valence-electron chi connectivity index (χ3n) is 3.47. The molecule has 2 N–H and O–H groups in total. The van der Waals surface area contributed by atoms with Crippen molar-refractivity contribution in [3.63, 3.8) is 0 Å². The van der Waals surface area contributed by atoms with Gasteiger partial charge in [-0.05, 0) is 38.1 Å². The van der Waals surface area contributed by atoms with Gasteiger partial charge in [0.25, 0.3) is 0 Å². The van der Waals surface area contributed by atoms with Crippen molar-refractivity contribution in [3.8, 4) is 0 Å². The van der Waals surface area contributed by atoms with Crippen molar-refractivity contribution in [3.05, 3.63) is 24.2 Å². The summed E-state index contributed by atoms with van der Waals surface area (Å²) in [7, 11) is 1.64. The highest BCUT2D eigenvalue weighted by atomic mass is 16.5. The predicted octanol–water partition coefficient (Wildman–Crippen LogP) is 0.912. The number of nitrogens with one attached hydrogen (secondary N) is 2. The molecule has 2 rings (SSSR count). The highest BCUT2D eigenvalue weighted by Gasteiger charge is 2.39. The van der Waals surface area contributed by atoms with Gasteiger partial charge in [0, 0.05) is 7.11 Å². The fraction of sp³-hybridized carbons (Fsp3) is 0.615. The van der Waals surface area contributed by atoms with Gasteiger partial charge in [0.05, 0.1) is 24.8 Å². The zero-order valence-corrected chi connectivity index (χ0v) is 10.7. The molecule has 0 unspecified atom stereocenters. The molecular formula is C13H20N2O3. The average Bonchev–Trinajstić information content (AvgIpc) is 2.90. The molecule has 1 amide bonds. The minimum absolute atomic E-state index is 0.0576. The summed E-state index contributed by atoms with van der Waals surface area (Å²) in [5, 5.41) is 6.21. The van der Waals surface area contributed by atoms with Crippen molar-refractivity contribution in [1.29, 1.82) is 0 Å². The van der Waals surface area contributed by atoms with E-state index < -0.39 is 5.41 Å². The van der Waals surface area contributed by atoms with Crippen molar-refractivity contribution in [2.75, 3.05) is 26.8 Å². The second kappa shape index (κ2) is 6.02. The molecule has 0 spiro atoms. The maximum absolute atomic E-state index is 12.3. The van der Waals surface area contributed by atoms with Crippen LogP contribution in [-0.4, -0.2) is 32.7 Å². The predicted molar refractivity (Wildman–Crippen MR) is 67.0 cm³/mol. The number of carbonyl (C=O) groups excluding carboxylic acids is 1. The molecule has 1 fully saturated rings. The summed E-state index contributed by atoms with van der Waals surface area (Å²) in [5.74, 6) is 0.826. The lowest BCUT2D eigenvalue weighted by Crippen LogP contribution is -2.49. The standard InChI is InChI=1S/C13H20N2O3/c1-17-10-13(4-6-14-7-5-13)12(16)15-9-11-3-2-8-18-11/h2-3,8,14H,4-7,9-10H2,1H3,(H,15,16). The summed E-state index contributed by atoms with van der Waals surface area (Å²) in [6.07, 6.45) is 3.23. The van der Waals surface area contributed by atoms with Crippen LogP contribution in [-0.2, 0) is 16.1 Å². The molecule has 18 heavy (non-hydrogen) atoms. The molecule has 0 saturated carbocycles. The first kappa shape index (κ1) is 13.1. The van der Waals surface area contributed by atoms with Gasteiger partial charge in [-0.3, -0.25) is 4.79 Å². The van der Waals surface area contributed by atoms with Crippen molar-refractivity contribution in [2.45, 2.75) is 19.4 Å². The highest BCUT2D eigenvalue weighted by molar-refractivity contribution is 5.82. The van der Waals surface area contributed by atoms with Crippen LogP contribution < -0.4 is 10.6 Å². The minimum Gasteiger partial charge on any atom is -0.467 e. The van der Waals surface area contributed by atoms with Crippen LogP contribution in [0.1, 0.15) is 18.6 Å². The molecule has 1 aliphatic rings. The monoisotopic (exact) mass is 252 g/mol. The van der Waals surface area contributed by atoms with Crippen LogP contribution >= 0.6 is 0 Å². The van der Waals surface area contributed by atoms with E-state index in [-0.39, 0.29) is 5.91 Å². The number of furan rings is 1. The lowest BCUT2D eigenvalue weighted by Gasteiger charge is -2.35. The van der Waals surface area contributed by atoms with Crippen LogP contribution in [0.2, 0.25) is 0 Å². The molecule has 0 atom stereocenters. The van der Waals surface area contributed by atoms with Crippen LogP contribution in [0, 0.1) is 5.41 Å². The lowest BCUT2D eigenvalue weighted by molar-refractivity contribution is -0.136. The van der Waals surface area contributed by atoms with Crippen LogP contribution in [0.5, 0.6) is 0 Å². The van der Waals surface area contributed by atoms with Crippen LogP contribution in [0.3, 0.4) is 0 Å². The summed E-state index contributed by atoms with van der Waals surface area (Å²) in [6, 6.07) is 3.67. The van der Waals surface area contributed by atoms with Crippen LogP contribution in [0.15, 0.2) is 22.8 Å². The summed E-state index contributed by atoms with van der Waals surface area (Å²) in [5.41, 5.74) is -0.396. The maximum atomic E-state index is 12.3. The molecule has 0 radical (unpaired) electrons. The number of carbonyl (C=O) groups is 1. The van der Waals surface area contributed by atoms with Gasteiger partial charge in [-0.15, -0.1) is 0 Å². The Hall–Kier alpha value is -1.33. The molecule has 0 aromatic carbocycles. The van der Waals surface area contributed by atoms with E-state index in [1.54, 1.807) is 13.4 Å². The zero-order chi connectivity index (χ0) is 12.8. The first-order valence-electron chi connectivity index (χ1n) is 6.27. The van der Waals surface area contributed by atoms with Crippen LogP contribution in [0.25, 0.3) is 0 Å². The van der Waals surface area contributed by atoms with E-state index >= 15 is 0 Å². The summed E-state index contributed by atoms with van der Waals surface area (Å²) >= 11 is 0. The molecule has 1 aromatic rings. The molecule has 0 aliphatic carbocycles. The van der Waals surface area contributed by atoms with Crippen molar-refractivity contribution >= 4 is 5.91 Å². The van der Waals surface area contributed by atoms with Crippen molar-refractivity contribution in [1.82, 2.24) is 10.6 Å². The molecule has 5 nitrogen and oxygen atoms in total.